The summed E-state index contributed by atoms with van der Waals surface area (Å²) in [5.41, 5.74) is 0.247. The Kier molecular flexibility index (Phi) is 0.960. The number of hydrogen-bond donors (Lipinski definition) is 1. The number of carbonyl (C=O) groups is 1. The van der Waals surface area contributed by atoms with Gasteiger partial charge in [-0.2, -0.15) is 0 Å². The first-order valence-electron chi connectivity index (χ1n) is 3.87. The smallest absolute Gasteiger partial charge is 0.306 e. The quantitative estimate of drug-likeness (QED) is 0.631. The Labute approximate surface area is 60.2 Å². The second-order valence-corrected chi connectivity index (χ2v) is 3.90. The fourth-order valence-electron chi connectivity index (χ4n) is 2.34. The number of carboxylic acids is 1. The molecule has 0 aliphatic heterocycles. The second-order valence-electron chi connectivity index (χ2n) is 3.90. The minimum Gasteiger partial charge on any atom is -0.481 e. The van der Waals surface area contributed by atoms with Crippen LogP contribution in [0.15, 0.2) is 0 Å². The average molecular weight is 140 g/mol. The van der Waals surface area contributed by atoms with Gasteiger partial charge in [0.2, 0.25) is 0 Å². The van der Waals surface area contributed by atoms with E-state index in [9.17, 15) is 4.79 Å². The van der Waals surface area contributed by atoms with Crippen LogP contribution < -0.4 is 0 Å². The lowest BCUT2D eigenvalue weighted by Gasteiger charge is -2.64. The minimum atomic E-state index is -0.613. The minimum absolute atomic E-state index is 0.0995. The maximum absolute atomic E-state index is 10.6. The number of carboxylic acid groups (broad SMARTS) is 1. The van der Waals surface area contributed by atoms with Crippen molar-refractivity contribution in [3.05, 3.63) is 0 Å². The molecule has 1 unspecified atom stereocenters. The van der Waals surface area contributed by atoms with Gasteiger partial charge in [0.1, 0.15) is 0 Å². The zero-order valence-corrected chi connectivity index (χ0v) is 6.13. The monoisotopic (exact) mass is 140 g/mol. The molecule has 3 aliphatic carbocycles. The van der Waals surface area contributed by atoms with Gasteiger partial charge in [0.05, 0.1) is 5.92 Å². The van der Waals surface area contributed by atoms with Crippen molar-refractivity contribution in [2.45, 2.75) is 26.2 Å². The fourth-order valence-corrected chi connectivity index (χ4v) is 2.34. The van der Waals surface area contributed by atoms with Crippen molar-refractivity contribution in [2.75, 3.05) is 0 Å². The van der Waals surface area contributed by atoms with Gasteiger partial charge in [-0.1, -0.05) is 6.92 Å². The zero-order chi connectivity index (χ0) is 7.35. The van der Waals surface area contributed by atoms with E-state index < -0.39 is 5.97 Å². The zero-order valence-electron chi connectivity index (χ0n) is 6.13. The molecule has 0 heterocycles. The lowest BCUT2D eigenvalue weighted by molar-refractivity contribution is -0.178. The molecule has 3 saturated carbocycles. The molecule has 0 aromatic rings. The van der Waals surface area contributed by atoms with Crippen molar-refractivity contribution in [3.63, 3.8) is 0 Å². The summed E-state index contributed by atoms with van der Waals surface area (Å²) in [6.45, 7) is 1.84. The van der Waals surface area contributed by atoms with E-state index >= 15 is 0 Å². The van der Waals surface area contributed by atoms with Crippen LogP contribution in [-0.2, 0) is 4.79 Å². The third-order valence-corrected chi connectivity index (χ3v) is 3.37. The number of aliphatic carboxylic acids is 1. The molecule has 0 spiro atoms. The molecule has 2 nitrogen and oxygen atoms in total. The summed E-state index contributed by atoms with van der Waals surface area (Å²) in [7, 11) is 0. The molecule has 56 valence electrons. The first-order chi connectivity index (χ1) is 4.64. The van der Waals surface area contributed by atoms with Crippen molar-refractivity contribution in [2.24, 2.45) is 17.3 Å². The topological polar surface area (TPSA) is 37.3 Å². The van der Waals surface area contributed by atoms with E-state index in [4.69, 9.17) is 5.11 Å². The summed E-state index contributed by atoms with van der Waals surface area (Å²) in [5, 5.41) is 8.71. The van der Waals surface area contributed by atoms with Gasteiger partial charge < -0.3 is 5.11 Å². The number of rotatable bonds is 2. The van der Waals surface area contributed by atoms with Gasteiger partial charge in [0.25, 0.3) is 0 Å². The summed E-state index contributed by atoms with van der Waals surface area (Å²) >= 11 is 0. The highest BCUT2D eigenvalue weighted by Gasteiger charge is 2.60. The maximum atomic E-state index is 10.6. The molecule has 0 saturated heterocycles. The van der Waals surface area contributed by atoms with Gasteiger partial charge in [0.15, 0.2) is 0 Å². The molecular formula is C8H12O2. The molecular weight excluding hydrogens is 128 g/mol. The Hall–Kier alpha value is -0.530. The van der Waals surface area contributed by atoms with Crippen LogP contribution in [0.4, 0.5) is 0 Å². The predicted molar refractivity (Wildman–Crippen MR) is 36.6 cm³/mol. The summed E-state index contributed by atoms with van der Waals surface area (Å²) < 4.78 is 0. The molecule has 0 radical (unpaired) electrons. The van der Waals surface area contributed by atoms with Gasteiger partial charge in [-0.25, -0.2) is 0 Å². The molecule has 10 heavy (non-hydrogen) atoms. The van der Waals surface area contributed by atoms with E-state index in [1.165, 1.54) is 19.3 Å². The van der Waals surface area contributed by atoms with Crippen molar-refractivity contribution >= 4 is 5.97 Å². The van der Waals surface area contributed by atoms with E-state index in [1.54, 1.807) is 0 Å². The average Bonchev–Trinajstić information content (AvgIpc) is 1.56. The highest BCUT2D eigenvalue weighted by atomic mass is 16.4. The van der Waals surface area contributed by atoms with Crippen LogP contribution in [0, 0.1) is 17.3 Å². The van der Waals surface area contributed by atoms with Gasteiger partial charge in [0, 0.05) is 0 Å². The van der Waals surface area contributed by atoms with Crippen LogP contribution in [0.25, 0.3) is 0 Å². The molecule has 0 aromatic carbocycles. The van der Waals surface area contributed by atoms with E-state index in [0.717, 1.165) is 5.92 Å². The van der Waals surface area contributed by atoms with Crippen LogP contribution >= 0.6 is 0 Å². The fraction of sp³-hybridized carbons (Fsp3) is 0.875. The molecule has 2 heteroatoms. The molecule has 3 aliphatic rings. The summed E-state index contributed by atoms with van der Waals surface area (Å²) in [4.78, 5) is 10.6. The molecule has 3 rings (SSSR count). The van der Waals surface area contributed by atoms with Crippen molar-refractivity contribution < 1.29 is 9.90 Å². The van der Waals surface area contributed by atoms with Gasteiger partial charge >= 0.3 is 5.97 Å². The largest absolute Gasteiger partial charge is 0.481 e. The molecule has 1 N–H and O–H groups in total. The van der Waals surface area contributed by atoms with Crippen LogP contribution in [0.3, 0.4) is 0 Å². The lowest BCUT2D eigenvalue weighted by atomic mass is 9.40. The Balaban J connectivity index is 2.04. The Bertz CT molecular complexity index is 169. The van der Waals surface area contributed by atoms with E-state index in [1.807, 2.05) is 6.92 Å². The molecule has 1 atom stereocenters. The first-order valence-corrected chi connectivity index (χ1v) is 3.87. The molecule has 0 amide bonds. The SMILES string of the molecule is CC(C(=O)O)C12CC(C1)C2. The standard InChI is InChI=1S/C8H12O2/c1-5(7(9)10)8-2-6(3-8)4-8/h5-6H,2-4H2,1H3,(H,9,10). The summed E-state index contributed by atoms with van der Waals surface area (Å²) in [6.07, 6.45) is 3.54. The van der Waals surface area contributed by atoms with Crippen LogP contribution in [-0.4, -0.2) is 11.1 Å². The highest BCUT2D eigenvalue weighted by molar-refractivity contribution is 5.71. The van der Waals surface area contributed by atoms with E-state index in [-0.39, 0.29) is 11.3 Å². The third kappa shape index (κ3) is 0.522. The molecule has 3 fully saturated rings. The third-order valence-electron chi connectivity index (χ3n) is 3.37. The van der Waals surface area contributed by atoms with Crippen molar-refractivity contribution in [1.29, 1.82) is 0 Å². The lowest BCUT2D eigenvalue weighted by Crippen LogP contribution is -2.57. The van der Waals surface area contributed by atoms with Crippen LogP contribution in [0.5, 0.6) is 0 Å². The van der Waals surface area contributed by atoms with Gasteiger partial charge in [-0.3, -0.25) is 4.79 Å². The summed E-state index contributed by atoms with van der Waals surface area (Å²) in [5.74, 6) is 0.178. The second kappa shape index (κ2) is 1.55. The summed E-state index contributed by atoms with van der Waals surface area (Å²) in [6, 6.07) is 0. The van der Waals surface area contributed by atoms with E-state index in [0.29, 0.717) is 0 Å². The van der Waals surface area contributed by atoms with Gasteiger partial charge in [-0.05, 0) is 30.6 Å². The first kappa shape index (κ1) is 6.20. The Morgan fingerprint density at radius 1 is 1.60 bits per heavy atom. The maximum Gasteiger partial charge on any atom is 0.306 e. The molecule has 0 aromatic heterocycles. The van der Waals surface area contributed by atoms with Crippen LogP contribution in [0.1, 0.15) is 26.2 Å². The van der Waals surface area contributed by atoms with E-state index in [2.05, 4.69) is 0 Å². The molecule has 2 bridgehead atoms. The van der Waals surface area contributed by atoms with Crippen molar-refractivity contribution in [3.8, 4) is 0 Å². The number of hydrogen-bond acceptors (Lipinski definition) is 1. The predicted octanol–water partition coefficient (Wildman–Crippen LogP) is 1.51. The van der Waals surface area contributed by atoms with Gasteiger partial charge in [-0.15, -0.1) is 0 Å². The Morgan fingerprint density at radius 2 is 2.10 bits per heavy atom. The highest BCUT2D eigenvalue weighted by Crippen LogP contribution is 2.68. The van der Waals surface area contributed by atoms with Crippen molar-refractivity contribution in [1.82, 2.24) is 0 Å². The Morgan fingerprint density at radius 3 is 2.20 bits per heavy atom. The van der Waals surface area contributed by atoms with Crippen LogP contribution in [0.2, 0.25) is 0 Å². The normalized spacial score (nSPS) is 45.1.